The molecule has 0 unspecified atom stereocenters. The van der Waals surface area contributed by atoms with Gasteiger partial charge < -0.3 is 19.1 Å². The molecule has 26 heavy (non-hydrogen) atoms. The Hall–Kier alpha value is -0.810. The number of nitrogens with zero attached hydrogens (tertiary/aromatic N) is 1. The zero-order valence-electron chi connectivity index (χ0n) is 16.7. The smallest absolute Gasteiger partial charge is 0.410 e. The molecule has 0 bridgehead atoms. The van der Waals surface area contributed by atoms with Crippen LogP contribution in [0.15, 0.2) is 0 Å². The molecule has 0 spiro atoms. The monoisotopic (exact) mass is 367 g/mol. The lowest BCUT2D eigenvalue weighted by Crippen LogP contribution is -2.51. The molecular weight excluding hydrogens is 330 g/mol. The molecule has 0 aromatic carbocycles. The Balaban J connectivity index is 1.63. The van der Waals surface area contributed by atoms with Crippen LogP contribution in [0.4, 0.5) is 4.79 Å². The minimum Gasteiger partial charge on any atom is -0.446 e. The standard InChI is InChI=1S/C21H37NO4/c1-24-18-12-8-16(9-13-18)22(17-10-14-19(25-2)15-11-17)21(23)26-20-6-4-3-5-7-20/h16-20H,3-15H2,1-2H3. The lowest BCUT2D eigenvalue weighted by atomic mass is 9.87. The van der Waals surface area contributed by atoms with Crippen molar-refractivity contribution in [3.63, 3.8) is 0 Å². The van der Waals surface area contributed by atoms with E-state index in [0.29, 0.717) is 24.3 Å². The Morgan fingerprint density at radius 1 is 0.654 bits per heavy atom. The highest BCUT2D eigenvalue weighted by Gasteiger charge is 2.37. The summed E-state index contributed by atoms with van der Waals surface area (Å²) in [5.41, 5.74) is 0. The van der Waals surface area contributed by atoms with Gasteiger partial charge in [-0.1, -0.05) is 6.42 Å². The Labute approximate surface area is 158 Å². The van der Waals surface area contributed by atoms with Gasteiger partial charge in [-0.15, -0.1) is 0 Å². The molecular formula is C21H37NO4. The largest absolute Gasteiger partial charge is 0.446 e. The summed E-state index contributed by atoms with van der Waals surface area (Å²) in [6, 6.07) is 0.614. The molecule has 0 aromatic rings. The second kappa shape index (κ2) is 9.93. The van der Waals surface area contributed by atoms with Crippen LogP contribution in [0.2, 0.25) is 0 Å². The Bertz CT molecular complexity index is 398. The van der Waals surface area contributed by atoms with Crippen molar-refractivity contribution < 1.29 is 19.0 Å². The van der Waals surface area contributed by atoms with Crippen LogP contribution in [0.3, 0.4) is 0 Å². The van der Waals surface area contributed by atoms with E-state index in [9.17, 15) is 4.79 Å². The highest BCUT2D eigenvalue weighted by Crippen LogP contribution is 2.33. The summed E-state index contributed by atoms with van der Waals surface area (Å²) in [6.45, 7) is 0. The zero-order chi connectivity index (χ0) is 18.4. The van der Waals surface area contributed by atoms with Gasteiger partial charge in [0.2, 0.25) is 0 Å². The molecule has 0 radical (unpaired) electrons. The van der Waals surface area contributed by atoms with Crippen LogP contribution in [0.5, 0.6) is 0 Å². The van der Waals surface area contributed by atoms with Gasteiger partial charge in [0.25, 0.3) is 0 Å². The summed E-state index contributed by atoms with van der Waals surface area (Å²) in [6.07, 6.45) is 14.8. The van der Waals surface area contributed by atoms with Gasteiger partial charge in [0, 0.05) is 26.3 Å². The summed E-state index contributed by atoms with van der Waals surface area (Å²) >= 11 is 0. The SMILES string of the molecule is COC1CCC(N(C(=O)OC2CCCCC2)C2CCC(OC)CC2)CC1. The van der Waals surface area contributed by atoms with E-state index in [-0.39, 0.29) is 12.2 Å². The molecule has 5 nitrogen and oxygen atoms in total. The molecule has 3 rings (SSSR count). The molecule has 0 aliphatic heterocycles. The Kier molecular flexibility index (Phi) is 7.62. The van der Waals surface area contributed by atoms with Crippen molar-refractivity contribution in [2.75, 3.05) is 14.2 Å². The van der Waals surface area contributed by atoms with E-state index in [0.717, 1.165) is 64.2 Å². The van der Waals surface area contributed by atoms with Gasteiger partial charge in [-0.3, -0.25) is 0 Å². The molecule has 3 aliphatic rings. The lowest BCUT2D eigenvalue weighted by Gasteiger charge is -2.43. The van der Waals surface area contributed by atoms with Crippen LogP contribution < -0.4 is 0 Å². The minimum absolute atomic E-state index is 0.0568. The summed E-state index contributed by atoms with van der Waals surface area (Å²) in [4.78, 5) is 15.3. The van der Waals surface area contributed by atoms with Crippen LogP contribution in [0, 0.1) is 0 Å². The van der Waals surface area contributed by atoms with Crippen molar-refractivity contribution in [3.05, 3.63) is 0 Å². The first-order valence-corrected chi connectivity index (χ1v) is 10.8. The van der Waals surface area contributed by atoms with Crippen molar-refractivity contribution in [1.29, 1.82) is 0 Å². The molecule has 3 aliphatic carbocycles. The van der Waals surface area contributed by atoms with Gasteiger partial charge in [-0.25, -0.2) is 4.79 Å². The van der Waals surface area contributed by atoms with Crippen LogP contribution in [0.25, 0.3) is 0 Å². The molecule has 0 aromatic heterocycles. The van der Waals surface area contributed by atoms with Crippen LogP contribution >= 0.6 is 0 Å². The topological polar surface area (TPSA) is 48.0 Å². The van der Waals surface area contributed by atoms with Crippen LogP contribution in [-0.2, 0) is 14.2 Å². The third kappa shape index (κ3) is 5.13. The molecule has 3 fully saturated rings. The maximum Gasteiger partial charge on any atom is 0.410 e. The fourth-order valence-corrected chi connectivity index (χ4v) is 5.10. The van der Waals surface area contributed by atoms with Crippen molar-refractivity contribution in [1.82, 2.24) is 4.90 Å². The number of amides is 1. The third-order valence-electron chi connectivity index (χ3n) is 6.77. The van der Waals surface area contributed by atoms with Gasteiger partial charge in [-0.05, 0) is 77.0 Å². The molecule has 0 N–H and O–H groups in total. The van der Waals surface area contributed by atoms with Crippen LogP contribution in [0.1, 0.15) is 83.5 Å². The first kappa shape index (κ1) is 19.9. The predicted octanol–water partition coefficient (Wildman–Crippen LogP) is 4.67. The van der Waals surface area contributed by atoms with E-state index in [4.69, 9.17) is 14.2 Å². The quantitative estimate of drug-likeness (QED) is 0.708. The van der Waals surface area contributed by atoms with E-state index in [2.05, 4.69) is 4.90 Å². The van der Waals surface area contributed by atoms with E-state index in [1.807, 2.05) is 0 Å². The zero-order valence-corrected chi connectivity index (χ0v) is 16.7. The van der Waals surface area contributed by atoms with Crippen LogP contribution in [-0.4, -0.2) is 55.6 Å². The number of methoxy groups -OCH3 is 2. The highest BCUT2D eigenvalue weighted by molar-refractivity contribution is 5.68. The summed E-state index contributed by atoms with van der Waals surface area (Å²) < 4.78 is 17.0. The van der Waals surface area contributed by atoms with Crippen molar-refractivity contribution >= 4 is 6.09 Å². The molecule has 0 saturated heterocycles. The maximum atomic E-state index is 13.2. The molecule has 0 heterocycles. The van der Waals surface area contributed by atoms with Crippen molar-refractivity contribution in [2.24, 2.45) is 0 Å². The highest BCUT2D eigenvalue weighted by atomic mass is 16.6. The van der Waals surface area contributed by atoms with E-state index in [1.54, 1.807) is 14.2 Å². The average Bonchev–Trinajstić information content (AvgIpc) is 2.70. The Morgan fingerprint density at radius 3 is 1.54 bits per heavy atom. The van der Waals surface area contributed by atoms with E-state index < -0.39 is 0 Å². The molecule has 150 valence electrons. The first-order valence-electron chi connectivity index (χ1n) is 10.8. The minimum atomic E-state index is -0.0568. The summed E-state index contributed by atoms with van der Waals surface area (Å²) in [5.74, 6) is 0. The second-order valence-corrected chi connectivity index (χ2v) is 8.38. The van der Waals surface area contributed by atoms with Gasteiger partial charge in [-0.2, -0.15) is 0 Å². The third-order valence-corrected chi connectivity index (χ3v) is 6.77. The van der Waals surface area contributed by atoms with Gasteiger partial charge in [0.05, 0.1) is 12.2 Å². The second-order valence-electron chi connectivity index (χ2n) is 8.38. The molecule has 3 saturated carbocycles. The summed E-state index contributed by atoms with van der Waals surface area (Å²) in [5, 5.41) is 0. The predicted molar refractivity (Wildman–Crippen MR) is 101 cm³/mol. The molecule has 1 amide bonds. The fourth-order valence-electron chi connectivity index (χ4n) is 5.10. The number of hydrogen-bond donors (Lipinski definition) is 0. The number of rotatable bonds is 5. The Morgan fingerprint density at radius 2 is 1.12 bits per heavy atom. The number of carbonyl (C=O) groups excluding carboxylic acids is 1. The van der Waals surface area contributed by atoms with Gasteiger partial charge in [0.15, 0.2) is 0 Å². The van der Waals surface area contributed by atoms with E-state index in [1.165, 1.54) is 19.3 Å². The van der Waals surface area contributed by atoms with Gasteiger partial charge in [0.1, 0.15) is 6.10 Å². The van der Waals surface area contributed by atoms with E-state index >= 15 is 0 Å². The summed E-state index contributed by atoms with van der Waals surface area (Å²) in [7, 11) is 3.60. The maximum absolute atomic E-state index is 13.2. The molecule has 0 atom stereocenters. The van der Waals surface area contributed by atoms with Gasteiger partial charge >= 0.3 is 6.09 Å². The lowest BCUT2D eigenvalue weighted by molar-refractivity contribution is -0.0174. The average molecular weight is 368 g/mol. The normalized spacial score (nSPS) is 33.6. The van der Waals surface area contributed by atoms with Crippen molar-refractivity contribution in [2.45, 2.75) is 114 Å². The first-order chi connectivity index (χ1) is 12.7. The van der Waals surface area contributed by atoms with Crippen molar-refractivity contribution in [3.8, 4) is 0 Å². The number of ether oxygens (including phenoxy) is 3. The molecule has 5 heteroatoms. The fraction of sp³-hybridized carbons (Fsp3) is 0.952. The number of carbonyl (C=O) groups is 1. The number of hydrogen-bond acceptors (Lipinski definition) is 4.